The van der Waals surface area contributed by atoms with E-state index >= 15 is 4.39 Å². The zero-order valence-corrected chi connectivity index (χ0v) is 32.0. The van der Waals surface area contributed by atoms with Gasteiger partial charge in [0.25, 0.3) is 0 Å². The molecule has 3 aromatic heterocycles. The minimum Gasteiger partial charge on any atom is -0.495 e. The van der Waals surface area contributed by atoms with Crippen LogP contribution >= 0.6 is 22.9 Å². The molecule has 15 heteroatoms. The van der Waals surface area contributed by atoms with Crippen molar-refractivity contribution in [2.75, 3.05) is 18.6 Å². The van der Waals surface area contributed by atoms with Crippen molar-refractivity contribution in [3.8, 4) is 28.1 Å². The molecule has 0 bridgehead atoms. The molecule has 0 saturated carbocycles. The van der Waals surface area contributed by atoms with Crippen LogP contribution in [0.4, 0.5) is 14.9 Å². The van der Waals surface area contributed by atoms with Crippen molar-refractivity contribution >= 4 is 64.2 Å². The summed E-state index contributed by atoms with van der Waals surface area (Å²) in [6.45, 7) is 16.4. The maximum absolute atomic E-state index is 15.4. The Balaban J connectivity index is 1.30. The van der Waals surface area contributed by atoms with Crippen LogP contribution in [0.3, 0.4) is 0 Å². The fourth-order valence-electron chi connectivity index (χ4n) is 5.05. The maximum Gasteiger partial charge on any atom is 0.412 e. The van der Waals surface area contributed by atoms with Gasteiger partial charge in [-0.1, -0.05) is 32.4 Å². The zero-order chi connectivity index (χ0) is 36.5. The van der Waals surface area contributed by atoms with E-state index in [1.54, 1.807) is 45.4 Å². The van der Waals surface area contributed by atoms with Gasteiger partial charge in [-0.2, -0.15) is 0 Å². The number of fused-ring (bicyclic) bond motifs is 2. The molecule has 0 radical (unpaired) electrons. The second-order valence-corrected chi connectivity index (χ2v) is 19.8. The largest absolute Gasteiger partial charge is 0.495 e. The van der Waals surface area contributed by atoms with Crippen molar-refractivity contribution < 1.29 is 32.9 Å². The number of ether oxygens (including phenoxy) is 3. The molecule has 5 aromatic rings. The molecule has 2 aromatic carbocycles. The molecule has 266 valence electrons. The van der Waals surface area contributed by atoms with Gasteiger partial charge in [0, 0.05) is 28.1 Å². The van der Waals surface area contributed by atoms with Crippen molar-refractivity contribution in [1.82, 2.24) is 19.9 Å². The summed E-state index contributed by atoms with van der Waals surface area (Å²) in [5.41, 5.74) is 2.02. The van der Waals surface area contributed by atoms with Gasteiger partial charge < -0.3 is 23.7 Å². The standard InChI is InChI=1S/C35H41ClFN5O6SSi/c1-19(48-50(8,9)35(4,5)6)18-46-33-39-15-24(16-40-33)42(34(43)44)20(2)21(3)47-29-14-30-28(13-27(29)37)41-32(49-30)26-12-23(36)10-22-11-25(45-7)17-38-31(22)26/h10-17,19-21H,18H2,1-9H3,(H,43,44). The highest BCUT2D eigenvalue weighted by Gasteiger charge is 2.38. The summed E-state index contributed by atoms with van der Waals surface area (Å²) in [6, 6.07) is 7.60. The molecule has 3 atom stereocenters. The van der Waals surface area contributed by atoms with Gasteiger partial charge in [-0.15, -0.1) is 11.3 Å². The molecule has 3 unspecified atom stereocenters. The van der Waals surface area contributed by atoms with E-state index in [1.807, 2.05) is 13.0 Å². The highest BCUT2D eigenvalue weighted by atomic mass is 35.5. The van der Waals surface area contributed by atoms with Crippen LogP contribution in [0.2, 0.25) is 23.2 Å². The van der Waals surface area contributed by atoms with Crippen LogP contribution in [-0.2, 0) is 4.43 Å². The first-order chi connectivity index (χ1) is 23.5. The average Bonchev–Trinajstić information content (AvgIpc) is 3.45. The SMILES string of the molecule is COc1cnc2c(-c3nc4cc(F)c(OC(C)C(C)N(C(=O)O)c5cnc(OCC(C)O[Si](C)(C)C(C)(C)C)nc5)cc4s3)cc(Cl)cc2c1. The molecule has 0 aliphatic heterocycles. The maximum atomic E-state index is 15.4. The highest BCUT2D eigenvalue weighted by Crippen LogP contribution is 2.39. The van der Waals surface area contributed by atoms with Crippen molar-refractivity contribution in [1.29, 1.82) is 0 Å². The van der Waals surface area contributed by atoms with Crippen LogP contribution in [0.1, 0.15) is 41.5 Å². The number of methoxy groups -OCH3 is 1. The number of carbonyl (C=O) groups is 1. The molecule has 0 fully saturated rings. The molecule has 0 saturated heterocycles. The predicted octanol–water partition coefficient (Wildman–Crippen LogP) is 9.23. The molecule has 11 nitrogen and oxygen atoms in total. The number of hydrogen-bond donors (Lipinski definition) is 1. The number of thiazole rings is 1. The number of nitrogens with zero attached hydrogens (tertiary/aromatic N) is 5. The van der Waals surface area contributed by atoms with E-state index in [0.29, 0.717) is 37.1 Å². The molecule has 3 heterocycles. The third-order valence-corrected chi connectivity index (χ3v) is 14.8. The number of anilines is 1. The van der Waals surface area contributed by atoms with Gasteiger partial charge in [0.2, 0.25) is 0 Å². The highest BCUT2D eigenvalue weighted by molar-refractivity contribution is 7.21. The summed E-state index contributed by atoms with van der Waals surface area (Å²) in [4.78, 5) is 31.1. The lowest BCUT2D eigenvalue weighted by Crippen LogP contribution is -2.46. The quantitative estimate of drug-likeness (QED) is 0.124. The number of hydrogen-bond acceptors (Lipinski definition) is 10. The van der Waals surface area contributed by atoms with Gasteiger partial charge in [0.05, 0.1) is 59.3 Å². The van der Waals surface area contributed by atoms with Crippen LogP contribution in [0.15, 0.2) is 48.9 Å². The number of amides is 1. The van der Waals surface area contributed by atoms with E-state index in [9.17, 15) is 9.90 Å². The second-order valence-electron chi connectivity index (χ2n) is 13.6. The molecule has 0 aliphatic rings. The van der Waals surface area contributed by atoms with E-state index in [-0.39, 0.29) is 35.2 Å². The fourth-order valence-corrected chi connectivity index (χ4v) is 7.69. The average molecular weight is 742 g/mol. The predicted molar refractivity (Wildman–Crippen MR) is 197 cm³/mol. The van der Waals surface area contributed by atoms with E-state index in [4.69, 9.17) is 30.2 Å². The van der Waals surface area contributed by atoms with Crippen molar-refractivity contribution in [3.05, 3.63) is 59.8 Å². The van der Waals surface area contributed by atoms with Gasteiger partial charge in [-0.3, -0.25) is 9.88 Å². The molecule has 0 spiro atoms. The first-order valence-corrected chi connectivity index (χ1v) is 20.1. The molecular weight excluding hydrogens is 701 g/mol. The second kappa shape index (κ2) is 14.6. The summed E-state index contributed by atoms with van der Waals surface area (Å²) < 4.78 is 39.4. The summed E-state index contributed by atoms with van der Waals surface area (Å²) in [5.74, 6) is -0.0775. The fraction of sp³-hybridized carbons (Fsp3) is 0.400. The lowest BCUT2D eigenvalue weighted by molar-refractivity contribution is 0.123. The molecule has 0 aliphatic carbocycles. The zero-order valence-electron chi connectivity index (χ0n) is 29.4. The van der Waals surface area contributed by atoms with Gasteiger partial charge in [0.1, 0.15) is 23.5 Å². The lowest BCUT2D eigenvalue weighted by Gasteiger charge is -2.38. The Morgan fingerprint density at radius 1 is 1.06 bits per heavy atom. The van der Waals surface area contributed by atoms with Crippen LogP contribution in [0.25, 0.3) is 31.7 Å². The molecular formula is C35H41ClFN5O6SSi. The van der Waals surface area contributed by atoms with Gasteiger partial charge in [-0.25, -0.2) is 24.1 Å². The van der Waals surface area contributed by atoms with Crippen LogP contribution in [0.5, 0.6) is 17.5 Å². The summed E-state index contributed by atoms with van der Waals surface area (Å²) in [7, 11) is -0.417. The normalized spacial score (nSPS) is 14.0. The first-order valence-electron chi connectivity index (χ1n) is 16.0. The monoisotopic (exact) mass is 741 g/mol. The Kier molecular flexibility index (Phi) is 10.9. The smallest absolute Gasteiger partial charge is 0.412 e. The van der Waals surface area contributed by atoms with E-state index in [0.717, 1.165) is 10.3 Å². The molecule has 50 heavy (non-hydrogen) atoms. The van der Waals surface area contributed by atoms with Crippen LogP contribution < -0.4 is 19.1 Å². The Bertz CT molecular complexity index is 2010. The third-order valence-electron chi connectivity index (χ3n) is 8.88. The molecule has 1 amide bonds. The van der Waals surface area contributed by atoms with Crippen LogP contribution in [-0.4, -0.2) is 71.4 Å². The topological polar surface area (TPSA) is 129 Å². The van der Waals surface area contributed by atoms with Crippen LogP contribution in [0, 0.1) is 5.82 Å². The Hall–Kier alpha value is -4.11. The number of benzene rings is 2. The molecule has 5 rings (SSSR count). The van der Waals surface area contributed by atoms with Gasteiger partial charge in [0.15, 0.2) is 19.9 Å². The first kappa shape index (κ1) is 37.1. The Labute approximate surface area is 300 Å². The number of pyridine rings is 1. The Morgan fingerprint density at radius 2 is 1.76 bits per heavy atom. The van der Waals surface area contributed by atoms with Gasteiger partial charge >= 0.3 is 12.1 Å². The summed E-state index contributed by atoms with van der Waals surface area (Å²) in [5, 5.41) is 12.1. The van der Waals surface area contributed by atoms with E-state index < -0.39 is 32.4 Å². The Morgan fingerprint density at radius 3 is 2.40 bits per heavy atom. The minimum atomic E-state index is -1.98. The van der Waals surface area contributed by atoms with E-state index in [1.165, 1.54) is 29.8 Å². The number of halogens is 2. The minimum absolute atomic E-state index is 0.0368. The number of rotatable bonds is 12. The lowest BCUT2D eigenvalue weighted by atomic mass is 10.1. The summed E-state index contributed by atoms with van der Waals surface area (Å²) in [6.07, 6.45) is 2.16. The number of aromatic nitrogens is 4. The number of carboxylic acid groups (broad SMARTS) is 1. The third kappa shape index (κ3) is 8.09. The summed E-state index contributed by atoms with van der Waals surface area (Å²) >= 11 is 7.76. The van der Waals surface area contributed by atoms with Gasteiger partial charge in [-0.05, 0) is 57.1 Å². The van der Waals surface area contributed by atoms with Crippen molar-refractivity contribution in [2.45, 2.75) is 77.9 Å². The van der Waals surface area contributed by atoms with Crippen molar-refractivity contribution in [3.63, 3.8) is 0 Å². The molecule has 1 N–H and O–H groups in total. The van der Waals surface area contributed by atoms with Crippen molar-refractivity contribution in [2.24, 2.45) is 0 Å². The van der Waals surface area contributed by atoms with E-state index in [2.05, 4.69) is 53.8 Å².